The summed E-state index contributed by atoms with van der Waals surface area (Å²) < 4.78 is 17.9. The Bertz CT molecular complexity index is 282. The summed E-state index contributed by atoms with van der Waals surface area (Å²) in [5, 5.41) is 9.51. The fourth-order valence-corrected chi connectivity index (χ4v) is 1.16. The lowest BCUT2D eigenvalue weighted by Crippen LogP contribution is -2.17. The van der Waals surface area contributed by atoms with E-state index in [1.54, 1.807) is 12.1 Å². The van der Waals surface area contributed by atoms with Crippen molar-refractivity contribution in [1.29, 1.82) is 0 Å². The van der Waals surface area contributed by atoms with Gasteiger partial charge < -0.3 is 9.84 Å². The SMILES string of the molecule is CC(C)C(O)CCOc1ccc(F)cc1. The van der Waals surface area contributed by atoms with Crippen molar-refractivity contribution in [3.8, 4) is 5.75 Å². The van der Waals surface area contributed by atoms with Gasteiger partial charge in [0, 0.05) is 6.42 Å². The summed E-state index contributed by atoms with van der Waals surface area (Å²) in [6, 6.07) is 5.87. The molecular weight excluding hydrogens is 195 g/mol. The van der Waals surface area contributed by atoms with Gasteiger partial charge in [-0.25, -0.2) is 4.39 Å². The third kappa shape index (κ3) is 4.30. The van der Waals surface area contributed by atoms with Crippen molar-refractivity contribution in [2.75, 3.05) is 6.61 Å². The first kappa shape index (κ1) is 12.0. The van der Waals surface area contributed by atoms with Crippen LogP contribution >= 0.6 is 0 Å². The van der Waals surface area contributed by atoms with Crippen LogP contribution in [-0.2, 0) is 0 Å². The molecule has 1 atom stereocenters. The zero-order valence-electron chi connectivity index (χ0n) is 9.11. The van der Waals surface area contributed by atoms with Crippen LogP contribution in [0.5, 0.6) is 5.75 Å². The number of aliphatic hydroxyl groups is 1. The minimum Gasteiger partial charge on any atom is -0.493 e. The van der Waals surface area contributed by atoms with E-state index in [9.17, 15) is 9.50 Å². The summed E-state index contributed by atoms with van der Waals surface area (Å²) in [5.41, 5.74) is 0. The minimum absolute atomic E-state index is 0.238. The van der Waals surface area contributed by atoms with Crippen molar-refractivity contribution in [3.05, 3.63) is 30.1 Å². The minimum atomic E-state index is -0.342. The molecule has 84 valence electrons. The summed E-state index contributed by atoms with van der Waals surface area (Å²) in [6.07, 6.45) is 0.250. The quantitative estimate of drug-likeness (QED) is 0.813. The molecule has 0 amide bonds. The Morgan fingerprint density at radius 3 is 2.40 bits per heavy atom. The first-order valence-electron chi connectivity index (χ1n) is 5.16. The average molecular weight is 212 g/mol. The largest absolute Gasteiger partial charge is 0.493 e. The highest BCUT2D eigenvalue weighted by atomic mass is 19.1. The molecule has 0 spiro atoms. The molecule has 0 radical (unpaired) electrons. The summed E-state index contributed by atoms with van der Waals surface area (Å²) in [7, 11) is 0. The van der Waals surface area contributed by atoms with Crippen LogP contribution in [0.1, 0.15) is 20.3 Å². The lowest BCUT2D eigenvalue weighted by molar-refractivity contribution is 0.0976. The molecule has 0 saturated carbocycles. The lowest BCUT2D eigenvalue weighted by atomic mass is 10.1. The van der Waals surface area contributed by atoms with E-state index in [2.05, 4.69) is 0 Å². The van der Waals surface area contributed by atoms with E-state index in [1.165, 1.54) is 12.1 Å². The Morgan fingerprint density at radius 1 is 1.27 bits per heavy atom. The maximum absolute atomic E-state index is 12.5. The monoisotopic (exact) mass is 212 g/mol. The summed E-state index contributed by atoms with van der Waals surface area (Å²) >= 11 is 0. The molecule has 0 fully saturated rings. The first-order chi connectivity index (χ1) is 7.09. The van der Waals surface area contributed by atoms with E-state index < -0.39 is 0 Å². The van der Waals surface area contributed by atoms with Gasteiger partial charge in [0.25, 0.3) is 0 Å². The smallest absolute Gasteiger partial charge is 0.123 e. The summed E-state index contributed by atoms with van der Waals surface area (Å²) in [6.45, 7) is 4.37. The van der Waals surface area contributed by atoms with Gasteiger partial charge in [0.2, 0.25) is 0 Å². The fourth-order valence-electron chi connectivity index (χ4n) is 1.16. The van der Waals surface area contributed by atoms with Gasteiger partial charge in [-0.2, -0.15) is 0 Å². The Balaban J connectivity index is 2.29. The van der Waals surface area contributed by atoms with E-state index in [0.29, 0.717) is 18.8 Å². The Labute approximate surface area is 89.7 Å². The van der Waals surface area contributed by atoms with Crippen LogP contribution in [0.15, 0.2) is 24.3 Å². The predicted octanol–water partition coefficient (Wildman–Crippen LogP) is 2.61. The van der Waals surface area contributed by atoms with Gasteiger partial charge in [0.05, 0.1) is 12.7 Å². The molecule has 0 aliphatic heterocycles. The molecule has 0 heterocycles. The van der Waals surface area contributed by atoms with Crippen molar-refractivity contribution < 1.29 is 14.2 Å². The van der Waals surface area contributed by atoms with E-state index >= 15 is 0 Å². The van der Waals surface area contributed by atoms with Gasteiger partial charge in [0.15, 0.2) is 0 Å². The Morgan fingerprint density at radius 2 is 1.87 bits per heavy atom. The van der Waals surface area contributed by atoms with Crippen LogP contribution in [0.2, 0.25) is 0 Å². The highest BCUT2D eigenvalue weighted by molar-refractivity contribution is 5.21. The van der Waals surface area contributed by atoms with Crippen molar-refractivity contribution in [1.82, 2.24) is 0 Å². The number of hydrogen-bond acceptors (Lipinski definition) is 2. The molecule has 1 aromatic carbocycles. The number of benzene rings is 1. The molecule has 1 N–H and O–H groups in total. The second-order valence-corrected chi connectivity index (χ2v) is 3.90. The van der Waals surface area contributed by atoms with Crippen LogP contribution < -0.4 is 4.74 Å². The van der Waals surface area contributed by atoms with Crippen LogP contribution in [0.3, 0.4) is 0 Å². The van der Waals surface area contributed by atoms with Crippen molar-refractivity contribution in [3.63, 3.8) is 0 Å². The predicted molar refractivity (Wildman–Crippen MR) is 57.4 cm³/mol. The second-order valence-electron chi connectivity index (χ2n) is 3.90. The van der Waals surface area contributed by atoms with Crippen LogP contribution in [0.4, 0.5) is 4.39 Å². The highest BCUT2D eigenvalue weighted by Crippen LogP contribution is 2.12. The second kappa shape index (κ2) is 5.71. The number of ether oxygens (including phenoxy) is 1. The fraction of sp³-hybridized carbons (Fsp3) is 0.500. The molecule has 0 aliphatic carbocycles. The van der Waals surface area contributed by atoms with E-state index in [1.807, 2.05) is 13.8 Å². The summed E-state index contributed by atoms with van der Waals surface area (Å²) in [4.78, 5) is 0. The van der Waals surface area contributed by atoms with Crippen LogP contribution in [0, 0.1) is 11.7 Å². The Hall–Kier alpha value is -1.09. The van der Waals surface area contributed by atoms with E-state index in [0.717, 1.165) is 0 Å². The summed E-state index contributed by atoms with van der Waals surface area (Å²) in [5.74, 6) is 0.596. The number of rotatable bonds is 5. The standard InChI is InChI=1S/C12H17FO2/c1-9(2)12(14)7-8-15-11-5-3-10(13)4-6-11/h3-6,9,12,14H,7-8H2,1-2H3. The topological polar surface area (TPSA) is 29.5 Å². The average Bonchev–Trinajstić information content (AvgIpc) is 2.20. The van der Waals surface area contributed by atoms with Crippen molar-refractivity contribution in [2.24, 2.45) is 5.92 Å². The highest BCUT2D eigenvalue weighted by Gasteiger charge is 2.08. The molecule has 0 aromatic heterocycles. The molecule has 2 nitrogen and oxygen atoms in total. The first-order valence-corrected chi connectivity index (χ1v) is 5.16. The maximum Gasteiger partial charge on any atom is 0.123 e. The third-order valence-electron chi connectivity index (χ3n) is 2.27. The van der Waals surface area contributed by atoms with Gasteiger partial charge in [-0.05, 0) is 30.2 Å². The molecule has 0 bridgehead atoms. The van der Waals surface area contributed by atoms with Gasteiger partial charge in [-0.3, -0.25) is 0 Å². The molecule has 1 rings (SSSR count). The van der Waals surface area contributed by atoms with Crippen molar-refractivity contribution in [2.45, 2.75) is 26.4 Å². The molecule has 3 heteroatoms. The zero-order valence-corrected chi connectivity index (χ0v) is 9.11. The van der Waals surface area contributed by atoms with Gasteiger partial charge >= 0.3 is 0 Å². The molecule has 0 saturated heterocycles. The van der Waals surface area contributed by atoms with E-state index in [-0.39, 0.29) is 17.8 Å². The lowest BCUT2D eigenvalue weighted by Gasteiger charge is -2.14. The molecule has 1 aromatic rings. The number of halogens is 1. The molecule has 15 heavy (non-hydrogen) atoms. The normalized spacial score (nSPS) is 12.9. The van der Waals surface area contributed by atoms with E-state index in [4.69, 9.17) is 4.74 Å². The maximum atomic E-state index is 12.5. The van der Waals surface area contributed by atoms with Gasteiger partial charge in [-0.15, -0.1) is 0 Å². The number of aliphatic hydroxyl groups excluding tert-OH is 1. The van der Waals surface area contributed by atoms with Gasteiger partial charge in [-0.1, -0.05) is 13.8 Å². The van der Waals surface area contributed by atoms with Crippen LogP contribution in [-0.4, -0.2) is 17.8 Å². The van der Waals surface area contributed by atoms with Crippen LogP contribution in [0.25, 0.3) is 0 Å². The van der Waals surface area contributed by atoms with Crippen molar-refractivity contribution >= 4 is 0 Å². The molecular formula is C12H17FO2. The number of hydrogen-bond donors (Lipinski definition) is 1. The molecule has 0 aliphatic rings. The third-order valence-corrected chi connectivity index (χ3v) is 2.27. The Kier molecular flexibility index (Phi) is 4.56. The zero-order chi connectivity index (χ0) is 11.3. The molecule has 1 unspecified atom stereocenters. The van der Waals surface area contributed by atoms with Gasteiger partial charge in [0.1, 0.15) is 11.6 Å².